The van der Waals surface area contributed by atoms with Crippen LogP contribution in [0.5, 0.6) is 0 Å². The van der Waals surface area contributed by atoms with Gasteiger partial charge in [-0.05, 0) is 13.0 Å². The largest absolute Gasteiger partial charge is 0.466 e. The van der Waals surface area contributed by atoms with Gasteiger partial charge in [0.2, 0.25) is 0 Å². The van der Waals surface area contributed by atoms with Crippen molar-refractivity contribution in [1.29, 1.82) is 5.26 Å². The van der Waals surface area contributed by atoms with E-state index in [1.807, 2.05) is 6.07 Å². The van der Waals surface area contributed by atoms with E-state index < -0.39 is 10.9 Å². The van der Waals surface area contributed by atoms with Gasteiger partial charge >= 0.3 is 5.97 Å². The van der Waals surface area contributed by atoms with Gasteiger partial charge in [-0.25, -0.2) is 0 Å². The molecule has 6 nitrogen and oxygen atoms in total. The molecular weight excluding hydrogens is 256 g/mol. The Hall–Kier alpha value is -2.07. The van der Waals surface area contributed by atoms with Crippen LogP contribution in [0.1, 0.15) is 18.1 Å². The van der Waals surface area contributed by atoms with Gasteiger partial charge < -0.3 is 4.74 Å². The minimum Gasteiger partial charge on any atom is -0.466 e. The summed E-state index contributed by atoms with van der Waals surface area (Å²) < 4.78 is 4.72. The minimum atomic E-state index is -0.616. The Morgan fingerprint density at radius 1 is 1.61 bits per heavy atom. The lowest BCUT2D eigenvalue weighted by Gasteiger charge is -2.05. The Morgan fingerprint density at radius 3 is 2.78 bits per heavy atom. The molecule has 0 aliphatic rings. The summed E-state index contributed by atoms with van der Waals surface area (Å²) >= 11 is 3.98. The number of hydrogen-bond acceptors (Lipinski definition) is 6. The second-order valence-corrected chi connectivity index (χ2v) is 3.83. The highest BCUT2D eigenvalue weighted by atomic mass is 32.1. The third kappa shape index (κ3) is 3.21. The first kappa shape index (κ1) is 14.0. The SMILES string of the molecule is CCOC(=O)Cc1cc(C#N)c(S)cc1[N+](=O)[O-]. The molecule has 0 spiro atoms. The molecule has 1 aromatic rings. The number of esters is 1. The number of nitriles is 1. The van der Waals surface area contributed by atoms with Gasteiger partial charge in [-0.1, -0.05) is 0 Å². The van der Waals surface area contributed by atoms with Gasteiger partial charge in [0.15, 0.2) is 0 Å². The zero-order valence-electron chi connectivity index (χ0n) is 9.54. The molecule has 0 fully saturated rings. The molecule has 94 valence electrons. The quantitative estimate of drug-likeness (QED) is 0.388. The van der Waals surface area contributed by atoms with E-state index in [2.05, 4.69) is 12.6 Å². The lowest BCUT2D eigenvalue weighted by atomic mass is 10.1. The predicted molar refractivity (Wildman–Crippen MR) is 65.4 cm³/mol. The number of carbonyl (C=O) groups excluding carboxylic acids is 1. The van der Waals surface area contributed by atoms with Crippen LogP contribution in [-0.2, 0) is 16.0 Å². The standard InChI is InChI=1S/C11H10N2O4S/c1-2-17-11(14)4-7-3-8(6-12)10(18)5-9(7)13(15)16/h3,5,18H,2,4H2,1H3. The predicted octanol–water partition coefficient (Wildman–Crippen LogP) is 1.86. The van der Waals surface area contributed by atoms with E-state index in [0.717, 1.165) is 6.07 Å². The molecule has 7 heteroatoms. The molecule has 0 aromatic heterocycles. The average molecular weight is 266 g/mol. The summed E-state index contributed by atoms with van der Waals surface area (Å²) in [6.07, 6.45) is -0.243. The number of hydrogen-bond donors (Lipinski definition) is 1. The van der Waals surface area contributed by atoms with Gasteiger partial charge in [-0.2, -0.15) is 5.26 Å². The Bertz CT molecular complexity index is 537. The lowest BCUT2D eigenvalue weighted by Crippen LogP contribution is -2.09. The van der Waals surface area contributed by atoms with Crippen LogP contribution in [0.4, 0.5) is 5.69 Å². The van der Waals surface area contributed by atoms with Crippen LogP contribution in [0.2, 0.25) is 0 Å². The van der Waals surface area contributed by atoms with E-state index in [4.69, 9.17) is 10.00 Å². The molecule has 0 atom stereocenters. The molecule has 0 saturated heterocycles. The van der Waals surface area contributed by atoms with E-state index in [0.29, 0.717) is 0 Å². The summed E-state index contributed by atoms with van der Waals surface area (Å²) in [5, 5.41) is 19.7. The molecule has 0 saturated carbocycles. The van der Waals surface area contributed by atoms with Gasteiger partial charge in [0, 0.05) is 16.5 Å². The molecule has 0 radical (unpaired) electrons. The maximum Gasteiger partial charge on any atom is 0.310 e. The van der Waals surface area contributed by atoms with Crippen LogP contribution in [0.3, 0.4) is 0 Å². The van der Waals surface area contributed by atoms with E-state index in [1.165, 1.54) is 6.07 Å². The highest BCUT2D eigenvalue weighted by Crippen LogP contribution is 2.26. The normalized spacial score (nSPS) is 9.61. The smallest absolute Gasteiger partial charge is 0.310 e. The van der Waals surface area contributed by atoms with Gasteiger partial charge in [0.25, 0.3) is 5.69 Å². The Labute approximate surface area is 109 Å². The number of carbonyl (C=O) groups is 1. The van der Waals surface area contributed by atoms with Crippen LogP contribution in [0.25, 0.3) is 0 Å². The van der Waals surface area contributed by atoms with E-state index in [9.17, 15) is 14.9 Å². The molecule has 0 N–H and O–H groups in total. The van der Waals surface area contributed by atoms with Gasteiger partial charge in [0.1, 0.15) is 6.07 Å². The fourth-order valence-electron chi connectivity index (χ4n) is 1.39. The second-order valence-electron chi connectivity index (χ2n) is 3.35. The number of nitro groups is 1. The van der Waals surface area contributed by atoms with Crippen molar-refractivity contribution in [3.8, 4) is 6.07 Å². The number of ether oxygens (including phenoxy) is 1. The summed E-state index contributed by atoms with van der Waals surface area (Å²) in [5.74, 6) is -0.573. The van der Waals surface area contributed by atoms with Gasteiger partial charge in [0.05, 0.1) is 23.5 Å². The van der Waals surface area contributed by atoms with Crippen LogP contribution in [-0.4, -0.2) is 17.5 Å². The second kappa shape index (κ2) is 6.02. The average Bonchev–Trinajstić information content (AvgIpc) is 2.30. The maximum absolute atomic E-state index is 11.3. The summed E-state index contributed by atoms with van der Waals surface area (Å²) in [5.41, 5.74) is 0.0862. The van der Waals surface area contributed by atoms with E-state index in [-0.39, 0.29) is 34.7 Å². The molecule has 0 heterocycles. The fraction of sp³-hybridized carbons (Fsp3) is 0.273. The van der Waals surface area contributed by atoms with Crippen LogP contribution < -0.4 is 0 Å². The molecular formula is C11H10N2O4S. The Morgan fingerprint density at radius 2 is 2.28 bits per heavy atom. The van der Waals surface area contributed by atoms with Crippen molar-refractivity contribution in [3.05, 3.63) is 33.4 Å². The molecule has 0 amide bonds. The third-order valence-electron chi connectivity index (χ3n) is 2.15. The van der Waals surface area contributed by atoms with Crippen molar-refractivity contribution >= 4 is 24.3 Å². The zero-order chi connectivity index (χ0) is 13.7. The third-order valence-corrected chi connectivity index (χ3v) is 2.52. The summed E-state index contributed by atoms with van der Waals surface area (Å²) in [6, 6.07) is 4.31. The lowest BCUT2D eigenvalue weighted by molar-refractivity contribution is -0.385. The fourth-order valence-corrected chi connectivity index (χ4v) is 1.63. The first-order valence-corrected chi connectivity index (χ1v) is 5.50. The summed E-state index contributed by atoms with van der Waals surface area (Å²) in [7, 11) is 0. The highest BCUT2D eigenvalue weighted by molar-refractivity contribution is 7.80. The number of nitro benzene ring substituents is 1. The zero-order valence-corrected chi connectivity index (χ0v) is 10.4. The van der Waals surface area contributed by atoms with Crippen molar-refractivity contribution in [2.75, 3.05) is 6.61 Å². The topological polar surface area (TPSA) is 93.2 Å². The maximum atomic E-state index is 11.3. The Balaban J connectivity index is 3.19. The first-order valence-electron chi connectivity index (χ1n) is 5.05. The van der Waals surface area contributed by atoms with Crippen molar-refractivity contribution in [2.24, 2.45) is 0 Å². The monoisotopic (exact) mass is 266 g/mol. The molecule has 0 aliphatic carbocycles. The Kier molecular flexibility index (Phi) is 4.68. The van der Waals surface area contributed by atoms with Crippen LogP contribution in [0.15, 0.2) is 17.0 Å². The number of rotatable bonds is 4. The minimum absolute atomic E-state index is 0.146. The van der Waals surface area contributed by atoms with Crippen molar-refractivity contribution in [1.82, 2.24) is 0 Å². The molecule has 0 aliphatic heterocycles. The van der Waals surface area contributed by atoms with Crippen LogP contribution in [0, 0.1) is 21.4 Å². The molecule has 18 heavy (non-hydrogen) atoms. The molecule has 0 bridgehead atoms. The first-order chi connectivity index (χ1) is 8.49. The number of benzene rings is 1. The highest BCUT2D eigenvalue weighted by Gasteiger charge is 2.19. The molecule has 0 unspecified atom stereocenters. The van der Waals surface area contributed by atoms with E-state index >= 15 is 0 Å². The van der Waals surface area contributed by atoms with Crippen molar-refractivity contribution in [2.45, 2.75) is 18.2 Å². The van der Waals surface area contributed by atoms with Gasteiger partial charge in [-0.15, -0.1) is 12.6 Å². The van der Waals surface area contributed by atoms with Crippen molar-refractivity contribution < 1.29 is 14.5 Å². The van der Waals surface area contributed by atoms with Crippen molar-refractivity contribution in [3.63, 3.8) is 0 Å². The molecule has 1 rings (SSSR count). The number of nitrogens with zero attached hydrogens (tertiary/aromatic N) is 2. The molecule has 1 aromatic carbocycles. The summed E-state index contributed by atoms with van der Waals surface area (Å²) in [6.45, 7) is 1.84. The summed E-state index contributed by atoms with van der Waals surface area (Å²) in [4.78, 5) is 21.8. The number of thiol groups is 1. The van der Waals surface area contributed by atoms with Gasteiger partial charge in [-0.3, -0.25) is 14.9 Å². The van der Waals surface area contributed by atoms with Crippen LogP contribution >= 0.6 is 12.6 Å². The van der Waals surface area contributed by atoms with E-state index in [1.54, 1.807) is 6.92 Å².